The molecule has 0 unspecified atom stereocenters. The monoisotopic (exact) mass is 262 g/mol. The molecule has 1 N–H and O–H groups in total. The fourth-order valence-electron chi connectivity index (χ4n) is 2.10. The van der Waals surface area contributed by atoms with Crippen LogP contribution in [0.3, 0.4) is 0 Å². The summed E-state index contributed by atoms with van der Waals surface area (Å²) in [5.41, 5.74) is 4.55. The van der Waals surface area contributed by atoms with Crippen molar-refractivity contribution in [2.24, 2.45) is 0 Å². The molecular formula is C14H18N2OS. The summed E-state index contributed by atoms with van der Waals surface area (Å²) in [5.74, 6) is 0.964. The lowest BCUT2D eigenvalue weighted by Gasteiger charge is -2.09. The van der Waals surface area contributed by atoms with Crippen LogP contribution in [0.15, 0.2) is 17.5 Å². The first kappa shape index (κ1) is 13.1. The summed E-state index contributed by atoms with van der Waals surface area (Å²) in [4.78, 5) is 4.62. The van der Waals surface area contributed by atoms with Crippen LogP contribution in [0.5, 0.6) is 5.75 Å². The van der Waals surface area contributed by atoms with E-state index in [9.17, 15) is 0 Å². The van der Waals surface area contributed by atoms with Gasteiger partial charge in [-0.25, -0.2) is 4.98 Å². The molecule has 18 heavy (non-hydrogen) atoms. The van der Waals surface area contributed by atoms with Gasteiger partial charge < -0.3 is 10.1 Å². The maximum Gasteiger partial charge on any atom is 0.124 e. The molecular weight excluding hydrogens is 244 g/mol. The lowest BCUT2D eigenvalue weighted by atomic mass is 10.1. The number of benzene rings is 1. The molecule has 0 saturated heterocycles. The quantitative estimate of drug-likeness (QED) is 0.919. The number of ether oxygens (including phenoxy) is 1. The molecule has 1 aromatic carbocycles. The van der Waals surface area contributed by atoms with Gasteiger partial charge in [-0.15, -0.1) is 11.3 Å². The van der Waals surface area contributed by atoms with Gasteiger partial charge in [0.1, 0.15) is 10.8 Å². The summed E-state index contributed by atoms with van der Waals surface area (Å²) in [5, 5.41) is 6.28. The van der Waals surface area contributed by atoms with Crippen LogP contribution < -0.4 is 10.1 Å². The van der Waals surface area contributed by atoms with Crippen molar-refractivity contribution in [3.63, 3.8) is 0 Å². The topological polar surface area (TPSA) is 34.1 Å². The van der Waals surface area contributed by atoms with Gasteiger partial charge in [0.15, 0.2) is 0 Å². The highest BCUT2D eigenvalue weighted by molar-refractivity contribution is 7.13. The molecule has 0 radical (unpaired) electrons. The first-order valence-electron chi connectivity index (χ1n) is 5.90. The van der Waals surface area contributed by atoms with Crippen LogP contribution >= 0.6 is 11.3 Å². The zero-order valence-electron chi connectivity index (χ0n) is 11.2. The van der Waals surface area contributed by atoms with Gasteiger partial charge in [-0.05, 0) is 44.2 Å². The third-order valence-corrected chi connectivity index (χ3v) is 3.76. The molecule has 3 nitrogen and oxygen atoms in total. The Hall–Kier alpha value is -1.39. The lowest BCUT2D eigenvalue weighted by molar-refractivity contribution is 0.408. The van der Waals surface area contributed by atoms with E-state index >= 15 is 0 Å². The number of hydrogen-bond acceptors (Lipinski definition) is 4. The minimum Gasteiger partial charge on any atom is -0.496 e. The summed E-state index contributed by atoms with van der Waals surface area (Å²) in [6, 6.07) is 4.27. The van der Waals surface area contributed by atoms with Gasteiger partial charge in [-0.2, -0.15) is 0 Å². The predicted octanol–water partition coefficient (Wildman–Crippen LogP) is 3.15. The van der Waals surface area contributed by atoms with Gasteiger partial charge in [0.2, 0.25) is 0 Å². The second kappa shape index (κ2) is 5.50. The van der Waals surface area contributed by atoms with E-state index in [0.717, 1.165) is 39.7 Å². The molecule has 1 aromatic heterocycles. The normalized spacial score (nSPS) is 10.7. The van der Waals surface area contributed by atoms with Gasteiger partial charge in [-0.1, -0.05) is 0 Å². The summed E-state index contributed by atoms with van der Waals surface area (Å²) >= 11 is 1.68. The SMILES string of the molecule is CNCc1csc(-c2cc(C)c(OC)c(C)c2)n1. The van der Waals surface area contributed by atoms with Crippen LogP contribution in [-0.4, -0.2) is 19.1 Å². The number of methoxy groups -OCH3 is 1. The van der Waals surface area contributed by atoms with Crippen LogP contribution in [-0.2, 0) is 6.54 Å². The van der Waals surface area contributed by atoms with E-state index < -0.39 is 0 Å². The maximum atomic E-state index is 5.38. The molecule has 0 saturated carbocycles. The van der Waals surface area contributed by atoms with Gasteiger partial charge in [0.25, 0.3) is 0 Å². The second-order valence-corrected chi connectivity index (χ2v) is 5.18. The molecule has 0 fully saturated rings. The second-order valence-electron chi connectivity index (χ2n) is 4.32. The van der Waals surface area contributed by atoms with Crippen molar-refractivity contribution in [3.8, 4) is 16.3 Å². The Labute approximate surface area is 112 Å². The number of nitrogens with one attached hydrogen (secondary N) is 1. The van der Waals surface area contributed by atoms with Gasteiger partial charge in [0.05, 0.1) is 12.8 Å². The van der Waals surface area contributed by atoms with Crippen molar-refractivity contribution < 1.29 is 4.74 Å². The molecule has 0 aliphatic rings. The Morgan fingerprint density at radius 2 is 1.94 bits per heavy atom. The van der Waals surface area contributed by atoms with E-state index in [1.807, 2.05) is 7.05 Å². The van der Waals surface area contributed by atoms with Crippen LogP contribution in [0.25, 0.3) is 10.6 Å². The smallest absolute Gasteiger partial charge is 0.124 e. The third-order valence-electron chi connectivity index (χ3n) is 2.82. The standard InChI is InChI=1S/C14H18N2OS/c1-9-5-11(6-10(2)13(9)17-4)14-16-12(7-15-3)8-18-14/h5-6,8,15H,7H2,1-4H3. The van der Waals surface area contributed by atoms with Gasteiger partial charge >= 0.3 is 0 Å². The molecule has 1 heterocycles. The zero-order chi connectivity index (χ0) is 13.1. The van der Waals surface area contributed by atoms with E-state index in [-0.39, 0.29) is 0 Å². The van der Waals surface area contributed by atoms with Crippen LogP contribution in [0.2, 0.25) is 0 Å². The Morgan fingerprint density at radius 1 is 1.28 bits per heavy atom. The van der Waals surface area contributed by atoms with E-state index in [2.05, 4.69) is 41.7 Å². The number of aryl methyl sites for hydroxylation is 2. The molecule has 0 amide bonds. The number of rotatable bonds is 4. The van der Waals surface area contributed by atoms with Crippen molar-refractivity contribution in [3.05, 3.63) is 34.3 Å². The minimum absolute atomic E-state index is 0.810. The zero-order valence-corrected chi connectivity index (χ0v) is 12.0. The molecule has 2 aromatic rings. The van der Waals surface area contributed by atoms with Crippen molar-refractivity contribution >= 4 is 11.3 Å². The number of thiazole rings is 1. The van der Waals surface area contributed by atoms with E-state index in [4.69, 9.17) is 4.74 Å². The average Bonchev–Trinajstić information content (AvgIpc) is 2.78. The number of hydrogen-bond donors (Lipinski definition) is 1. The van der Waals surface area contributed by atoms with Gasteiger partial charge in [0, 0.05) is 17.5 Å². The van der Waals surface area contributed by atoms with Gasteiger partial charge in [-0.3, -0.25) is 0 Å². The molecule has 0 spiro atoms. The fraction of sp³-hybridized carbons (Fsp3) is 0.357. The Bertz CT molecular complexity index is 525. The van der Waals surface area contributed by atoms with E-state index in [0.29, 0.717) is 0 Å². The highest BCUT2D eigenvalue weighted by Crippen LogP contribution is 2.31. The Morgan fingerprint density at radius 3 is 2.50 bits per heavy atom. The first-order valence-corrected chi connectivity index (χ1v) is 6.78. The van der Waals surface area contributed by atoms with E-state index in [1.165, 1.54) is 0 Å². The fourth-order valence-corrected chi connectivity index (χ4v) is 2.91. The highest BCUT2D eigenvalue weighted by Gasteiger charge is 2.09. The van der Waals surface area contributed by atoms with Crippen molar-refractivity contribution in [2.45, 2.75) is 20.4 Å². The largest absolute Gasteiger partial charge is 0.496 e. The molecule has 0 atom stereocenters. The Balaban J connectivity index is 2.38. The van der Waals surface area contributed by atoms with Crippen LogP contribution in [0.4, 0.5) is 0 Å². The summed E-state index contributed by atoms with van der Waals surface area (Å²) in [6.07, 6.45) is 0. The number of nitrogens with zero attached hydrogens (tertiary/aromatic N) is 1. The van der Waals surface area contributed by atoms with Crippen molar-refractivity contribution in [1.29, 1.82) is 0 Å². The van der Waals surface area contributed by atoms with Crippen molar-refractivity contribution in [1.82, 2.24) is 10.3 Å². The van der Waals surface area contributed by atoms with E-state index in [1.54, 1.807) is 18.4 Å². The molecule has 4 heteroatoms. The minimum atomic E-state index is 0.810. The molecule has 96 valence electrons. The maximum absolute atomic E-state index is 5.38. The lowest BCUT2D eigenvalue weighted by Crippen LogP contribution is -2.04. The first-order chi connectivity index (χ1) is 8.65. The third kappa shape index (κ3) is 2.54. The summed E-state index contributed by atoms with van der Waals surface area (Å²) in [6.45, 7) is 4.94. The van der Waals surface area contributed by atoms with Crippen molar-refractivity contribution in [2.75, 3.05) is 14.2 Å². The molecule has 0 aliphatic heterocycles. The predicted molar refractivity (Wildman–Crippen MR) is 76.3 cm³/mol. The number of aromatic nitrogens is 1. The summed E-state index contributed by atoms with van der Waals surface area (Å²) in [7, 11) is 3.64. The highest BCUT2D eigenvalue weighted by atomic mass is 32.1. The average molecular weight is 262 g/mol. The molecule has 0 bridgehead atoms. The Kier molecular flexibility index (Phi) is 3.99. The van der Waals surface area contributed by atoms with Crippen LogP contribution in [0, 0.1) is 13.8 Å². The van der Waals surface area contributed by atoms with Crippen LogP contribution in [0.1, 0.15) is 16.8 Å². The molecule has 0 aliphatic carbocycles. The molecule has 2 rings (SSSR count). The summed E-state index contributed by atoms with van der Waals surface area (Å²) < 4.78 is 5.38.